The summed E-state index contributed by atoms with van der Waals surface area (Å²) in [6, 6.07) is 3.27. The molecule has 1 aliphatic rings. The van der Waals surface area contributed by atoms with E-state index < -0.39 is 11.1 Å². The van der Waals surface area contributed by atoms with E-state index in [1.54, 1.807) is 18.3 Å². The Bertz CT molecular complexity index is 652. The molecule has 1 aliphatic heterocycles. The molecule has 8 heteroatoms. The lowest BCUT2D eigenvalue weighted by atomic mass is 9.95. The summed E-state index contributed by atoms with van der Waals surface area (Å²) in [5.41, 5.74) is -0.417. The number of hydrogen-bond donors (Lipinski definition) is 3. The van der Waals surface area contributed by atoms with E-state index >= 15 is 0 Å². The summed E-state index contributed by atoms with van der Waals surface area (Å²) in [7, 11) is 0. The number of hydrogen-bond acceptors (Lipinski definition) is 5. The minimum atomic E-state index is -0.563. The van der Waals surface area contributed by atoms with Crippen LogP contribution < -0.4 is 10.6 Å². The van der Waals surface area contributed by atoms with Crippen molar-refractivity contribution in [3.8, 4) is 6.19 Å². The van der Waals surface area contributed by atoms with E-state index in [4.69, 9.17) is 16.9 Å². The van der Waals surface area contributed by atoms with Gasteiger partial charge in [-0.15, -0.1) is 0 Å². The number of aromatic nitrogens is 1. The zero-order chi connectivity index (χ0) is 17.3. The van der Waals surface area contributed by atoms with Gasteiger partial charge in [-0.3, -0.25) is 5.32 Å². The number of rotatable bonds is 2. The number of anilines is 1. The number of halogens is 1. The molecule has 1 fully saturated rings. The summed E-state index contributed by atoms with van der Waals surface area (Å²) < 4.78 is 0. The third-order valence-electron chi connectivity index (χ3n) is 4.10. The second-order valence-corrected chi connectivity index (χ2v) is 7.04. The van der Waals surface area contributed by atoms with Gasteiger partial charge in [0.2, 0.25) is 5.96 Å². The fraction of sp³-hybridized carbons (Fsp3) is 0.533. The standard InChI is InChI=1S/C15H21ClN6O/c1-14(2)8-11(15(3,4)22(14)23)21-13(19-9-17)20-10-6-5-7-18-12(10)16/h5-7,11,23H,8H2,1-4H3,(H2,19,20,21). The maximum absolute atomic E-state index is 10.4. The van der Waals surface area contributed by atoms with Gasteiger partial charge in [0.15, 0.2) is 11.3 Å². The fourth-order valence-electron chi connectivity index (χ4n) is 2.85. The Hall–Kier alpha value is -1.88. The predicted molar refractivity (Wildman–Crippen MR) is 89.2 cm³/mol. The highest BCUT2D eigenvalue weighted by molar-refractivity contribution is 6.32. The van der Waals surface area contributed by atoms with Crippen LogP contribution >= 0.6 is 11.6 Å². The molecule has 0 radical (unpaired) electrons. The first kappa shape index (κ1) is 17.5. The van der Waals surface area contributed by atoms with Gasteiger partial charge in [0.25, 0.3) is 0 Å². The number of pyridine rings is 1. The van der Waals surface area contributed by atoms with Crippen LogP contribution in [0, 0.1) is 11.5 Å². The van der Waals surface area contributed by atoms with Crippen LogP contribution in [0.1, 0.15) is 34.1 Å². The van der Waals surface area contributed by atoms with Crippen molar-refractivity contribution in [1.29, 1.82) is 5.26 Å². The number of nitrogens with zero attached hydrogens (tertiary/aromatic N) is 4. The lowest BCUT2D eigenvalue weighted by molar-refractivity contribution is -0.193. The van der Waals surface area contributed by atoms with Gasteiger partial charge in [0, 0.05) is 11.7 Å². The van der Waals surface area contributed by atoms with Gasteiger partial charge in [-0.05, 0) is 46.2 Å². The first-order chi connectivity index (χ1) is 10.7. The van der Waals surface area contributed by atoms with Gasteiger partial charge in [-0.1, -0.05) is 11.6 Å². The fourth-order valence-corrected chi connectivity index (χ4v) is 3.01. The largest absolute Gasteiger partial charge is 0.323 e. The first-order valence-corrected chi connectivity index (χ1v) is 7.66. The third-order valence-corrected chi connectivity index (χ3v) is 4.40. The van der Waals surface area contributed by atoms with Crippen LogP contribution in [0.25, 0.3) is 0 Å². The summed E-state index contributed by atoms with van der Waals surface area (Å²) in [6.07, 6.45) is 4.08. The predicted octanol–water partition coefficient (Wildman–Crippen LogP) is 2.59. The van der Waals surface area contributed by atoms with Gasteiger partial charge < -0.3 is 10.5 Å². The number of hydroxylamine groups is 2. The van der Waals surface area contributed by atoms with Crippen molar-refractivity contribution in [2.24, 2.45) is 4.99 Å². The zero-order valence-electron chi connectivity index (χ0n) is 13.6. The Kier molecular flexibility index (Phi) is 4.80. The van der Waals surface area contributed by atoms with Crippen molar-refractivity contribution in [3.63, 3.8) is 0 Å². The maximum Gasteiger partial charge on any atom is 0.209 e. The van der Waals surface area contributed by atoms with E-state index in [1.807, 2.05) is 33.9 Å². The molecule has 1 aromatic rings. The minimum absolute atomic E-state index is 0.207. The molecular weight excluding hydrogens is 316 g/mol. The van der Waals surface area contributed by atoms with Crippen LogP contribution in [0.3, 0.4) is 0 Å². The van der Waals surface area contributed by atoms with Crippen LogP contribution in [0.15, 0.2) is 23.3 Å². The van der Waals surface area contributed by atoms with Crippen molar-refractivity contribution in [2.75, 3.05) is 5.32 Å². The second-order valence-electron chi connectivity index (χ2n) is 6.68. The van der Waals surface area contributed by atoms with Crippen LogP contribution in [0.4, 0.5) is 5.69 Å². The first-order valence-electron chi connectivity index (χ1n) is 7.28. The van der Waals surface area contributed by atoms with Crippen LogP contribution in [-0.2, 0) is 0 Å². The maximum atomic E-state index is 10.4. The highest BCUT2D eigenvalue weighted by Crippen LogP contribution is 2.40. The van der Waals surface area contributed by atoms with Gasteiger partial charge in [-0.25, -0.2) is 9.98 Å². The Labute approximate surface area is 140 Å². The molecule has 23 heavy (non-hydrogen) atoms. The number of nitriles is 1. The molecule has 1 atom stereocenters. The van der Waals surface area contributed by atoms with Crippen LogP contribution in [0.2, 0.25) is 5.15 Å². The van der Waals surface area contributed by atoms with E-state index in [0.29, 0.717) is 12.1 Å². The van der Waals surface area contributed by atoms with Gasteiger partial charge in [0.05, 0.1) is 17.3 Å². The van der Waals surface area contributed by atoms with E-state index in [-0.39, 0.29) is 17.2 Å². The lowest BCUT2D eigenvalue weighted by Gasteiger charge is -2.35. The average molecular weight is 337 g/mol. The van der Waals surface area contributed by atoms with Gasteiger partial charge >= 0.3 is 0 Å². The molecule has 1 saturated heterocycles. The number of aliphatic imine (C=N–C) groups is 1. The van der Waals surface area contributed by atoms with Crippen LogP contribution in [-0.4, -0.2) is 38.3 Å². The van der Waals surface area contributed by atoms with Crippen molar-refractivity contribution in [3.05, 3.63) is 23.5 Å². The van der Waals surface area contributed by atoms with E-state index in [0.717, 1.165) is 0 Å². The topological polar surface area (TPSA) is 96.6 Å². The Morgan fingerprint density at radius 1 is 1.52 bits per heavy atom. The van der Waals surface area contributed by atoms with Gasteiger partial charge in [-0.2, -0.15) is 10.3 Å². The third kappa shape index (κ3) is 3.55. The molecule has 2 heterocycles. The lowest BCUT2D eigenvalue weighted by Crippen LogP contribution is -2.48. The molecule has 124 valence electrons. The molecule has 1 aromatic heterocycles. The zero-order valence-corrected chi connectivity index (χ0v) is 14.4. The summed E-state index contributed by atoms with van der Waals surface area (Å²) in [5, 5.41) is 26.4. The summed E-state index contributed by atoms with van der Waals surface area (Å²) in [6.45, 7) is 7.73. The quantitative estimate of drug-likeness (QED) is 0.252. The molecule has 0 aromatic carbocycles. The van der Waals surface area contributed by atoms with Crippen molar-refractivity contribution < 1.29 is 5.21 Å². The molecule has 2 rings (SSSR count). The Morgan fingerprint density at radius 3 is 2.74 bits per heavy atom. The summed E-state index contributed by atoms with van der Waals surface area (Å²) >= 11 is 6.02. The van der Waals surface area contributed by atoms with Gasteiger partial charge in [0.1, 0.15) is 0 Å². The van der Waals surface area contributed by atoms with Crippen molar-refractivity contribution >= 4 is 23.2 Å². The van der Waals surface area contributed by atoms with Crippen molar-refractivity contribution in [2.45, 2.75) is 51.2 Å². The molecule has 0 bridgehead atoms. The molecule has 0 amide bonds. The molecule has 0 aliphatic carbocycles. The smallest absolute Gasteiger partial charge is 0.209 e. The van der Waals surface area contributed by atoms with E-state index in [9.17, 15) is 5.21 Å². The highest BCUT2D eigenvalue weighted by Gasteiger charge is 2.51. The Morgan fingerprint density at radius 2 is 2.22 bits per heavy atom. The summed E-state index contributed by atoms with van der Waals surface area (Å²) in [4.78, 5) is 8.56. The molecule has 3 N–H and O–H groups in total. The van der Waals surface area contributed by atoms with Crippen LogP contribution in [0.5, 0.6) is 0 Å². The van der Waals surface area contributed by atoms with Crippen molar-refractivity contribution in [1.82, 2.24) is 15.4 Å². The second kappa shape index (κ2) is 6.32. The van der Waals surface area contributed by atoms with E-state index in [2.05, 4.69) is 20.6 Å². The number of nitrogens with one attached hydrogen (secondary N) is 2. The summed E-state index contributed by atoms with van der Waals surface area (Å²) in [5.74, 6) is 0.270. The molecule has 0 saturated carbocycles. The number of guanidine groups is 1. The van der Waals surface area contributed by atoms with E-state index in [1.165, 1.54) is 5.06 Å². The average Bonchev–Trinajstić information content (AvgIpc) is 2.62. The normalized spacial score (nSPS) is 23.3. The monoisotopic (exact) mass is 336 g/mol. The molecule has 7 nitrogen and oxygen atoms in total. The molecule has 1 unspecified atom stereocenters. The Balaban J connectivity index is 2.29. The molecule has 0 spiro atoms. The highest BCUT2D eigenvalue weighted by atomic mass is 35.5. The SMILES string of the molecule is CC1(C)CC(N=C(NC#N)Nc2cccnc2Cl)C(C)(C)N1O. The molecular formula is C15H21ClN6O. The minimum Gasteiger partial charge on any atom is -0.323 e.